The topological polar surface area (TPSA) is 72.5 Å². The summed E-state index contributed by atoms with van der Waals surface area (Å²) in [5.74, 6) is 0.207. The van der Waals surface area contributed by atoms with Crippen LogP contribution in [0, 0.1) is 0 Å². The average Bonchev–Trinajstić information content (AvgIpc) is 2.49. The molecule has 0 unspecified atom stereocenters. The molecule has 1 amide bonds. The Labute approximate surface area is 111 Å². The van der Waals surface area contributed by atoms with Gasteiger partial charge in [-0.1, -0.05) is 0 Å². The number of carbonyl (C=O) groups excluding carboxylic acids is 1. The van der Waals surface area contributed by atoms with Crippen LogP contribution in [0.1, 0.15) is 13.3 Å². The van der Waals surface area contributed by atoms with E-state index in [0.29, 0.717) is 6.42 Å². The largest absolute Gasteiger partial charge is 0.448 e. The summed E-state index contributed by atoms with van der Waals surface area (Å²) in [4.78, 5) is 11.4. The standard InChI is InChI=1S/C9H15Cl2NO4S/c1-9(2-3-17(14,15)6-9)12-8(13)16-5-7(11)4-10/h7H,2-6H2,1H3,(H,12,13)/t7-,9+/m1/s1. The molecule has 1 aliphatic rings. The minimum Gasteiger partial charge on any atom is -0.448 e. The number of nitrogens with one attached hydrogen (secondary N) is 1. The summed E-state index contributed by atoms with van der Waals surface area (Å²) in [5.41, 5.74) is -0.751. The molecule has 0 radical (unpaired) electrons. The van der Waals surface area contributed by atoms with Gasteiger partial charge < -0.3 is 10.1 Å². The van der Waals surface area contributed by atoms with E-state index in [4.69, 9.17) is 27.9 Å². The Morgan fingerprint density at radius 3 is 2.71 bits per heavy atom. The highest BCUT2D eigenvalue weighted by Crippen LogP contribution is 2.22. The van der Waals surface area contributed by atoms with Crippen molar-refractivity contribution in [1.29, 1.82) is 0 Å². The Hall–Kier alpha value is -0.200. The first-order chi connectivity index (χ1) is 7.76. The Kier molecular flexibility index (Phi) is 4.92. The summed E-state index contributed by atoms with van der Waals surface area (Å²) in [7, 11) is -3.05. The molecule has 5 nitrogen and oxygen atoms in total. The van der Waals surface area contributed by atoms with Crippen LogP contribution >= 0.6 is 23.2 Å². The van der Waals surface area contributed by atoms with E-state index >= 15 is 0 Å². The van der Waals surface area contributed by atoms with Gasteiger partial charge in [-0.15, -0.1) is 23.2 Å². The average molecular weight is 304 g/mol. The van der Waals surface area contributed by atoms with E-state index in [-0.39, 0.29) is 24.0 Å². The molecule has 0 aromatic carbocycles. The summed E-state index contributed by atoms with van der Waals surface area (Å²) >= 11 is 11.1. The van der Waals surface area contributed by atoms with Gasteiger partial charge >= 0.3 is 6.09 Å². The summed E-state index contributed by atoms with van der Waals surface area (Å²) in [6, 6.07) is 0. The van der Waals surface area contributed by atoms with Crippen LogP contribution in [0.25, 0.3) is 0 Å². The first-order valence-electron chi connectivity index (χ1n) is 5.12. The first kappa shape index (κ1) is 14.9. The van der Waals surface area contributed by atoms with Gasteiger partial charge in [0.05, 0.1) is 22.4 Å². The van der Waals surface area contributed by atoms with E-state index in [0.717, 1.165) is 0 Å². The maximum atomic E-state index is 11.4. The van der Waals surface area contributed by atoms with Gasteiger partial charge in [-0.25, -0.2) is 13.2 Å². The second-order valence-electron chi connectivity index (χ2n) is 4.38. The van der Waals surface area contributed by atoms with E-state index in [1.807, 2.05) is 0 Å². The van der Waals surface area contributed by atoms with Gasteiger partial charge in [0, 0.05) is 5.88 Å². The van der Waals surface area contributed by atoms with Crippen molar-refractivity contribution in [1.82, 2.24) is 5.32 Å². The Morgan fingerprint density at radius 1 is 1.59 bits per heavy atom. The van der Waals surface area contributed by atoms with Crippen LogP contribution in [0.5, 0.6) is 0 Å². The molecule has 0 saturated carbocycles. The Bertz CT molecular complexity index is 386. The van der Waals surface area contributed by atoms with Crippen LogP contribution in [0.3, 0.4) is 0 Å². The quantitative estimate of drug-likeness (QED) is 0.790. The van der Waals surface area contributed by atoms with Crippen molar-refractivity contribution in [3.8, 4) is 0 Å². The zero-order valence-corrected chi connectivity index (χ0v) is 11.7. The van der Waals surface area contributed by atoms with Gasteiger partial charge in [0.15, 0.2) is 9.84 Å². The van der Waals surface area contributed by atoms with Crippen molar-refractivity contribution < 1.29 is 17.9 Å². The van der Waals surface area contributed by atoms with Gasteiger partial charge in [-0.2, -0.15) is 0 Å². The fraction of sp³-hybridized carbons (Fsp3) is 0.889. The molecule has 1 N–H and O–H groups in total. The lowest BCUT2D eigenvalue weighted by atomic mass is 10.0. The highest BCUT2D eigenvalue weighted by molar-refractivity contribution is 7.91. The molecule has 0 aromatic heterocycles. The molecular weight excluding hydrogens is 289 g/mol. The van der Waals surface area contributed by atoms with Gasteiger partial charge in [0.2, 0.25) is 0 Å². The summed E-state index contributed by atoms with van der Waals surface area (Å²) in [6.07, 6.45) is -0.273. The maximum absolute atomic E-state index is 11.4. The van der Waals surface area contributed by atoms with E-state index in [1.54, 1.807) is 6.92 Å². The molecule has 1 rings (SSSR count). The van der Waals surface area contributed by atoms with Gasteiger partial charge in [-0.05, 0) is 13.3 Å². The SMILES string of the molecule is C[C@]1(NC(=O)OC[C@H](Cl)CCl)CCS(=O)(=O)C1. The van der Waals surface area contributed by atoms with Crippen LogP contribution in [0.4, 0.5) is 4.79 Å². The van der Waals surface area contributed by atoms with Crippen molar-refractivity contribution in [3.63, 3.8) is 0 Å². The third-order valence-electron chi connectivity index (χ3n) is 2.47. The lowest BCUT2D eigenvalue weighted by molar-refractivity contribution is 0.137. The van der Waals surface area contributed by atoms with Gasteiger partial charge in [0.25, 0.3) is 0 Å². The Morgan fingerprint density at radius 2 is 2.24 bits per heavy atom. The van der Waals surface area contributed by atoms with Crippen molar-refractivity contribution in [2.75, 3.05) is 24.0 Å². The number of amides is 1. The number of hydrogen-bond donors (Lipinski definition) is 1. The number of alkyl carbamates (subject to hydrolysis) is 1. The molecular formula is C9H15Cl2NO4S. The number of hydrogen-bond acceptors (Lipinski definition) is 4. The van der Waals surface area contributed by atoms with Gasteiger partial charge in [-0.3, -0.25) is 0 Å². The smallest absolute Gasteiger partial charge is 0.407 e. The van der Waals surface area contributed by atoms with Crippen LogP contribution < -0.4 is 5.32 Å². The van der Waals surface area contributed by atoms with Crippen LogP contribution in [-0.4, -0.2) is 49.4 Å². The number of halogens is 2. The number of rotatable bonds is 4. The first-order valence-corrected chi connectivity index (χ1v) is 7.91. The molecule has 0 bridgehead atoms. The molecule has 1 aliphatic heterocycles. The van der Waals surface area contributed by atoms with Crippen molar-refractivity contribution >= 4 is 39.1 Å². The lowest BCUT2D eigenvalue weighted by Crippen LogP contribution is -2.47. The van der Waals surface area contributed by atoms with Crippen LogP contribution in [0.2, 0.25) is 0 Å². The minimum absolute atomic E-state index is 0.000279. The molecule has 0 aliphatic carbocycles. The lowest BCUT2D eigenvalue weighted by Gasteiger charge is -2.23. The predicted molar refractivity (Wildman–Crippen MR) is 66.5 cm³/mol. The monoisotopic (exact) mass is 303 g/mol. The third-order valence-corrected chi connectivity index (χ3v) is 5.18. The second-order valence-corrected chi connectivity index (χ2v) is 7.49. The van der Waals surface area contributed by atoms with Crippen LogP contribution in [-0.2, 0) is 14.6 Å². The highest BCUT2D eigenvalue weighted by atomic mass is 35.5. The van der Waals surface area contributed by atoms with E-state index < -0.39 is 26.8 Å². The zero-order chi connectivity index (χ0) is 13.1. The molecule has 8 heteroatoms. The molecule has 0 spiro atoms. The van der Waals surface area contributed by atoms with Crippen molar-refractivity contribution in [3.05, 3.63) is 0 Å². The molecule has 1 heterocycles. The van der Waals surface area contributed by atoms with Gasteiger partial charge in [0.1, 0.15) is 6.61 Å². The normalized spacial score (nSPS) is 28.6. The molecule has 0 aromatic rings. The molecule has 100 valence electrons. The molecule has 2 atom stereocenters. The fourth-order valence-corrected chi connectivity index (χ4v) is 3.85. The number of carbonyl (C=O) groups is 1. The second kappa shape index (κ2) is 5.63. The van der Waals surface area contributed by atoms with Crippen LogP contribution in [0.15, 0.2) is 0 Å². The molecule has 17 heavy (non-hydrogen) atoms. The third kappa shape index (κ3) is 4.89. The van der Waals surface area contributed by atoms with E-state index in [9.17, 15) is 13.2 Å². The van der Waals surface area contributed by atoms with Crippen molar-refractivity contribution in [2.24, 2.45) is 0 Å². The fourth-order valence-electron chi connectivity index (χ4n) is 1.60. The molecule has 1 saturated heterocycles. The Balaban J connectivity index is 2.41. The maximum Gasteiger partial charge on any atom is 0.407 e. The zero-order valence-electron chi connectivity index (χ0n) is 9.41. The van der Waals surface area contributed by atoms with Crippen molar-refractivity contribution in [2.45, 2.75) is 24.3 Å². The summed E-state index contributed by atoms with van der Waals surface area (Å²) < 4.78 is 27.4. The number of alkyl halides is 2. The predicted octanol–water partition coefficient (Wildman–Crippen LogP) is 1.14. The summed E-state index contributed by atoms with van der Waals surface area (Å²) in [6.45, 7) is 1.68. The van der Waals surface area contributed by atoms with E-state index in [1.165, 1.54) is 0 Å². The number of ether oxygens (including phenoxy) is 1. The highest BCUT2D eigenvalue weighted by Gasteiger charge is 2.39. The minimum atomic E-state index is -3.05. The molecule has 1 fully saturated rings. The summed E-state index contributed by atoms with van der Waals surface area (Å²) in [5, 5.41) is 2.11. The number of sulfone groups is 1. The van der Waals surface area contributed by atoms with E-state index in [2.05, 4.69) is 5.32 Å².